The normalized spacial score (nSPS) is 17.9. The van der Waals surface area contributed by atoms with Crippen LogP contribution < -0.4 is 0 Å². The average molecular weight is 286 g/mol. The number of hydrogen-bond acceptors (Lipinski definition) is 4. The number of benzene rings is 1. The van der Waals surface area contributed by atoms with Crippen molar-refractivity contribution >= 4 is 11.9 Å². The van der Waals surface area contributed by atoms with E-state index in [2.05, 4.69) is 6.92 Å². The molecule has 21 heavy (non-hydrogen) atoms. The van der Waals surface area contributed by atoms with Gasteiger partial charge in [-0.3, -0.25) is 4.79 Å². The molecular formula is C16H18N2O3. The second-order valence-electron chi connectivity index (χ2n) is 5.36. The molecule has 1 aromatic rings. The van der Waals surface area contributed by atoms with E-state index in [1.54, 1.807) is 23.1 Å². The van der Waals surface area contributed by atoms with Gasteiger partial charge in [-0.05, 0) is 37.0 Å². The Balaban J connectivity index is 1.88. The van der Waals surface area contributed by atoms with E-state index in [4.69, 9.17) is 10.00 Å². The van der Waals surface area contributed by atoms with Crippen molar-refractivity contribution in [1.29, 1.82) is 5.26 Å². The number of esters is 1. The Morgan fingerprint density at radius 2 is 2.29 bits per heavy atom. The van der Waals surface area contributed by atoms with Gasteiger partial charge < -0.3 is 9.64 Å². The van der Waals surface area contributed by atoms with Crippen LogP contribution in [0.3, 0.4) is 0 Å². The number of rotatable bonds is 3. The SMILES string of the molecule is C[C@@H]1CCCN(C(=O)COC(=O)c2cccc(C#N)c2)C1. The number of carbonyl (C=O) groups is 2. The van der Waals surface area contributed by atoms with Crippen molar-refractivity contribution in [2.24, 2.45) is 5.92 Å². The number of nitriles is 1. The first-order valence-corrected chi connectivity index (χ1v) is 7.05. The Labute approximate surface area is 124 Å². The predicted octanol–water partition coefficient (Wildman–Crippen LogP) is 1.97. The largest absolute Gasteiger partial charge is 0.452 e. The van der Waals surface area contributed by atoms with Gasteiger partial charge in [-0.1, -0.05) is 13.0 Å². The summed E-state index contributed by atoms with van der Waals surface area (Å²) in [4.78, 5) is 25.6. The summed E-state index contributed by atoms with van der Waals surface area (Å²) >= 11 is 0. The molecule has 0 saturated carbocycles. The van der Waals surface area contributed by atoms with E-state index in [1.165, 1.54) is 6.07 Å². The first-order chi connectivity index (χ1) is 10.1. The third kappa shape index (κ3) is 4.06. The summed E-state index contributed by atoms with van der Waals surface area (Å²) in [5, 5.41) is 8.79. The molecule has 0 unspecified atom stereocenters. The van der Waals surface area contributed by atoms with Crippen molar-refractivity contribution in [2.45, 2.75) is 19.8 Å². The molecule has 5 heteroatoms. The van der Waals surface area contributed by atoms with Crippen LogP contribution in [0.1, 0.15) is 35.7 Å². The lowest BCUT2D eigenvalue weighted by Crippen LogP contribution is -2.41. The van der Waals surface area contributed by atoms with E-state index in [1.807, 2.05) is 6.07 Å². The van der Waals surface area contributed by atoms with E-state index < -0.39 is 5.97 Å². The van der Waals surface area contributed by atoms with Crippen molar-refractivity contribution < 1.29 is 14.3 Å². The highest BCUT2D eigenvalue weighted by Crippen LogP contribution is 2.15. The minimum Gasteiger partial charge on any atom is -0.452 e. The zero-order valence-electron chi connectivity index (χ0n) is 12.0. The summed E-state index contributed by atoms with van der Waals surface area (Å²) in [6, 6.07) is 8.20. The Hall–Kier alpha value is -2.35. The summed E-state index contributed by atoms with van der Waals surface area (Å²) in [6.07, 6.45) is 2.12. The van der Waals surface area contributed by atoms with Crippen molar-refractivity contribution in [1.82, 2.24) is 4.90 Å². The summed E-state index contributed by atoms with van der Waals surface area (Å²) in [7, 11) is 0. The molecule has 110 valence electrons. The third-order valence-corrected chi connectivity index (χ3v) is 3.56. The van der Waals surface area contributed by atoms with Crippen molar-refractivity contribution in [3.8, 4) is 6.07 Å². The smallest absolute Gasteiger partial charge is 0.338 e. The molecule has 1 saturated heterocycles. The Morgan fingerprint density at radius 3 is 3.00 bits per heavy atom. The van der Waals surface area contributed by atoms with Gasteiger partial charge in [-0.2, -0.15) is 5.26 Å². The summed E-state index contributed by atoms with van der Waals surface area (Å²) in [6.45, 7) is 3.31. The number of likely N-dealkylation sites (tertiary alicyclic amines) is 1. The second kappa shape index (κ2) is 6.89. The van der Waals surface area contributed by atoms with Gasteiger partial charge in [0.15, 0.2) is 6.61 Å². The van der Waals surface area contributed by atoms with E-state index in [-0.39, 0.29) is 18.1 Å². The van der Waals surface area contributed by atoms with Gasteiger partial charge in [0, 0.05) is 13.1 Å². The highest BCUT2D eigenvalue weighted by molar-refractivity contribution is 5.91. The van der Waals surface area contributed by atoms with Gasteiger partial charge in [-0.25, -0.2) is 4.79 Å². The summed E-state index contributed by atoms with van der Waals surface area (Å²) < 4.78 is 5.04. The monoisotopic (exact) mass is 286 g/mol. The van der Waals surface area contributed by atoms with Crippen LogP contribution in [-0.4, -0.2) is 36.5 Å². The zero-order valence-corrected chi connectivity index (χ0v) is 12.0. The number of hydrogen-bond donors (Lipinski definition) is 0. The first-order valence-electron chi connectivity index (χ1n) is 7.05. The lowest BCUT2D eigenvalue weighted by molar-refractivity contribution is -0.136. The maximum absolute atomic E-state index is 12.0. The van der Waals surface area contributed by atoms with E-state index in [0.29, 0.717) is 11.5 Å². The maximum atomic E-state index is 12.0. The molecule has 0 radical (unpaired) electrons. The molecule has 1 fully saturated rings. The van der Waals surface area contributed by atoms with Crippen LogP contribution in [0.25, 0.3) is 0 Å². The first kappa shape index (κ1) is 15.0. The number of carbonyl (C=O) groups excluding carboxylic acids is 2. The highest BCUT2D eigenvalue weighted by Gasteiger charge is 2.22. The summed E-state index contributed by atoms with van der Waals surface area (Å²) in [5.41, 5.74) is 0.675. The van der Waals surface area contributed by atoms with Crippen LogP contribution in [0.4, 0.5) is 0 Å². The van der Waals surface area contributed by atoms with Crippen LogP contribution in [-0.2, 0) is 9.53 Å². The molecule has 0 bridgehead atoms. The fourth-order valence-electron chi connectivity index (χ4n) is 2.43. The van der Waals surface area contributed by atoms with Gasteiger partial charge >= 0.3 is 5.97 Å². The fraction of sp³-hybridized carbons (Fsp3) is 0.438. The fourth-order valence-corrected chi connectivity index (χ4v) is 2.43. The molecule has 2 rings (SSSR count). The van der Waals surface area contributed by atoms with Crippen molar-refractivity contribution in [2.75, 3.05) is 19.7 Å². The van der Waals surface area contributed by atoms with E-state index in [9.17, 15) is 9.59 Å². The predicted molar refractivity (Wildman–Crippen MR) is 76.4 cm³/mol. The van der Waals surface area contributed by atoms with Crippen LogP contribution in [0.2, 0.25) is 0 Å². The molecule has 1 amide bonds. The van der Waals surface area contributed by atoms with Gasteiger partial charge in [-0.15, -0.1) is 0 Å². The molecule has 0 spiro atoms. The molecule has 0 aromatic heterocycles. The minimum atomic E-state index is -0.578. The molecule has 0 N–H and O–H groups in total. The number of piperidine rings is 1. The zero-order chi connectivity index (χ0) is 15.2. The Morgan fingerprint density at radius 1 is 1.48 bits per heavy atom. The molecule has 1 aliphatic heterocycles. The Kier molecular flexibility index (Phi) is 4.94. The minimum absolute atomic E-state index is 0.161. The third-order valence-electron chi connectivity index (χ3n) is 3.56. The van der Waals surface area contributed by atoms with Gasteiger partial charge in [0.05, 0.1) is 17.2 Å². The lowest BCUT2D eigenvalue weighted by atomic mass is 10.0. The van der Waals surface area contributed by atoms with Crippen molar-refractivity contribution in [3.63, 3.8) is 0 Å². The molecule has 1 aromatic carbocycles. The molecule has 1 aliphatic rings. The van der Waals surface area contributed by atoms with Gasteiger partial charge in [0.1, 0.15) is 0 Å². The van der Waals surface area contributed by atoms with Crippen LogP contribution in [0, 0.1) is 17.2 Å². The number of amides is 1. The molecular weight excluding hydrogens is 268 g/mol. The lowest BCUT2D eigenvalue weighted by Gasteiger charge is -2.30. The maximum Gasteiger partial charge on any atom is 0.338 e. The average Bonchev–Trinajstić information content (AvgIpc) is 2.52. The van der Waals surface area contributed by atoms with Gasteiger partial charge in [0.2, 0.25) is 0 Å². The number of ether oxygens (including phenoxy) is 1. The van der Waals surface area contributed by atoms with Crippen molar-refractivity contribution in [3.05, 3.63) is 35.4 Å². The van der Waals surface area contributed by atoms with E-state index >= 15 is 0 Å². The summed E-state index contributed by atoms with van der Waals surface area (Å²) in [5.74, 6) is -0.248. The number of nitrogens with zero attached hydrogens (tertiary/aromatic N) is 2. The van der Waals surface area contributed by atoms with Gasteiger partial charge in [0.25, 0.3) is 5.91 Å². The molecule has 1 heterocycles. The Bertz CT molecular complexity index is 577. The standard InChI is InChI=1S/C16H18N2O3/c1-12-4-3-7-18(10-12)15(19)11-21-16(20)14-6-2-5-13(8-14)9-17/h2,5-6,8,12H,3-4,7,10-11H2,1H3/t12-/m1/s1. The molecule has 0 aliphatic carbocycles. The molecule has 1 atom stereocenters. The molecule has 5 nitrogen and oxygen atoms in total. The highest BCUT2D eigenvalue weighted by atomic mass is 16.5. The van der Waals surface area contributed by atoms with Crippen LogP contribution >= 0.6 is 0 Å². The second-order valence-corrected chi connectivity index (χ2v) is 5.36. The van der Waals surface area contributed by atoms with Crippen LogP contribution in [0.5, 0.6) is 0 Å². The van der Waals surface area contributed by atoms with Crippen LogP contribution in [0.15, 0.2) is 24.3 Å². The topological polar surface area (TPSA) is 70.4 Å². The van der Waals surface area contributed by atoms with E-state index in [0.717, 1.165) is 25.9 Å². The quantitative estimate of drug-likeness (QED) is 0.797.